The summed E-state index contributed by atoms with van der Waals surface area (Å²) in [5, 5.41) is 8.62. The number of imidazole rings is 1. The smallest absolute Gasteiger partial charge is 0.159 e. The number of aromatic amines is 2. The largest absolute Gasteiger partial charge is 0.337 e. The van der Waals surface area contributed by atoms with Gasteiger partial charge in [-0.3, -0.25) is 10.00 Å². The molecule has 4 aromatic rings. The SMILES string of the molecule is Cc1cc2nc(-c3n[nH]c4c3CCN(Cc3ccc(Cl)cc3)C4)[nH]c2cc1C. The maximum atomic E-state index is 5.99. The molecule has 2 N–H and O–H groups in total. The van der Waals surface area contributed by atoms with Gasteiger partial charge in [0.1, 0.15) is 5.69 Å². The molecule has 2 aromatic heterocycles. The van der Waals surface area contributed by atoms with Crippen LogP contribution in [0.4, 0.5) is 0 Å². The topological polar surface area (TPSA) is 60.6 Å². The summed E-state index contributed by atoms with van der Waals surface area (Å²) in [7, 11) is 0. The molecule has 2 aromatic carbocycles. The van der Waals surface area contributed by atoms with Crippen LogP contribution in [-0.2, 0) is 19.5 Å². The summed E-state index contributed by atoms with van der Waals surface area (Å²) in [6.07, 6.45) is 0.962. The van der Waals surface area contributed by atoms with Gasteiger partial charge in [-0.1, -0.05) is 23.7 Å². The number of halogens is 1. The van der Waals surface area contributed by atoms with E-state index in [-0.39, 0.29) is 0 Å². The van der Waals surface area contributed by atoms with Gasteiger partial charge in [-0.15, -0.1) is 0 Å². The van der Waals surface area contributed by atoms with E-state index >= 15 is 0 Å². The van der Waals surface area contributed by atoms with Gasteiger partial charge in [0.2, 0.25) is 0 Å². The Bertz CT molecular complexity index is 1120. The lowest BCUT2D eigenvalue weighted by molar-refractivity contribution is 0.242. The summed E-state index contributed by atoms with van der Waals surface area (Å²) < 4.78 is 0. The average molecular weight is 392 g/mol. The van der Waals surface area contributed by atoms with Crippen molar-refractivity contribution in [3.05, 3.63) is 69.4 Å². The number of nitrogens with zero attached hydrogens (tertiary/aromatic N) is 3. The van der Waals surface area contributed by atoms with Crippen LogP contribution in [0.1, 0.15) is 27.9 Å². The molecule has 142 valence electrons. The molecule has 3 heterocycles. The van der Waals surface area contributed by atoms with Gasteiger partial charge in [-0.25, -0.2) is 4.98 Å². The van der Waals surface area contributed by atoms with E-state index in [2.05, 4.69) is 58.2 Å². The Hall–Kier alpha value is -2.63. The monoisotopic (exact) mass is 391 g/mol. The van der Waals surface area contributed by atoms with Crippen molar-refractivity contribution < 1.29 is 0 Å². The maximum Gasteiger partial charge on any atom is 0.159 e. The van der Waals surface area contributed by atoms with Crippen molar-refractivity contribution in [2.24, 2.45) is 0 Å². The molecule has 5 rings (SSSR count). The number of hydrogen-bond donors (Lipinski definition) is 2. The van der Waals surface area contributed by atoms with Crippen LogP contribution in [0.15, 0.2) is 36.4 Å². The van der Waals surface area contributed by atoms with Crippen LogP contribution >= 0.6 is 11.6 Å². The molecule has 1 aliphatic rings. The third-order valence-corrected chi connectivity index (χ3v) is 5.91. The van der Waals surface area contributed by atoms with Gasteiger partial charge in [0, 0.05) is 30.2 Å². The number of aromatic nitrogens is 4. The van der Waals surface area contributed by atoms with E-state index in [0.717, 1.165) is 53.6 Å². The first-order valence-electron chi connectivity index (χ1n) is 9.57. The molecule has 0 atom stereocenters. The fraction of sp³-hybridized carbons (Fsp3) is 0.273. The van der Waals surface area contributed by atoms with Crippen LogP contribution in [-0.4, -0.2) is 31.6 Å². The first-order chi connectivity index (χ1) is 13.6. The molecule has 1 aliphatic heterocycles. The normalized spacial score (nSPS) is 14.5. The molecule has 0 spiro atoms. The minimum absolute atomic E-state index is 0.777. The Balaban J connectivity index is 1.40. The van der Waals surface area contributed by atoms with Crippen LogP contribution in [0, 0.1) is 13.8 Å². The maximum absolute atomic E-state index is 5.99. The first kappa shape index (κ1) is 17.5. The molecular formula is C22H22ClN5. The van der Waals surface area contributed by atoms with E-state index in [1.807, 2.05) is 12.1 Å². The van der Waals surface area contributed by atoms with Gasteiger partial charge in [-0.05, 0) is 61.2 Å². The fourth-order valence-corrected chi connectivity index (χ4v) is 4.06. The Kier molecular flexibility index (Phi) is 4.22. The van der Waals surface area contributed by atoms with Crippen molar-refractivity contribution in [1.82, 2.24) is 25.1 Å². The first-order valence-corrected chi connectivity index (χ1v) is 9.95. The van der Waals surface area contributed by atoms with Crippen molar-refractivity contribution in [3.63, 3.8) is 0 Å². The highest BCUT2D eigenvalue weighted by molar-refractivity contribution is 6.30. The number of rotatable bonds is 3. The average Bonchev–Trinajstić information content (AvgIpc) is 3.27. The fourth-order valence-electron chi connectivity index (χ4n) is 3.93. The molecule has 0 aliphatic carbocycles. The zero-order valence-corrected chi connectivity index (χ0v) is 16.8. The summed E-state index contributed by atoms with van der Waals surface area (Å²) in [6.45, 7) is 7.02. The van der Waals surface area contributed by atoms with Crippen molar-refractivity contribution in [1.29, 1.82) is 0 Å². The van der Waals surface area contributed by atoms with Gasteiger partial charge in [0.25, 0.3) is 0 Å². The van der Waals surface area contributed by atoms with Crippen molar-refractivity contribution >= 4 is 22.6 Å². The number of nitrogens with one attached hydrogen (secondary N) is 2. The Morgan fingerprint density at radius 1 is 1.11 bits per heavy atom. The Labute approximate surface area is 168 Å². The molecule has 0 fully saturated rings. The molecular weight excluding hydrogens is 370 g/mol. The third kappa shape index (κ3) is 3.11. The van der Waals surface area contributed by atoms with E-state index in [1.54, 1.807) is 0 Å². The standard InChI is InChI=1S/C22H22ClN5/c1-13-9-18-19(10-14(13)2)25-22(24-18)21-17-7-8-28(12-20(17)26-27-21)11-15-3-5-16(23)6-4-15/h3-6,9-10H,7-8,11-12H2,1-2H3,(H,24,25)(H,26,27). The van der Waals surface area contributed by atoms with Crippen LogP contribution in [0.3, 0.4) is 0 Å². The summed E-state index contributed by atoms with van der Waals surface area (Å²) in [5.74, 6) is 0.851. The van der Waals surface area contributed by atoms with Crippen molar-refractivity contribution in [2.45, 2.75) is 33.4 Å². The number of fused-ring (bicyclic) bond motifs is 2. The zero-order valence-electron chi connectivity index (χ0n) is 16.0. The second-order valence-electron chi connectivity index (χ2n) is 7.66. The third-order valence-electron chi connectivity index (χ3n) is 5.65. The lowest BCUT2D eigenvalue weighted by atomic mass is 10.0. The minimum atomic E-state index is 0.777. The van der Waals surface area contributed by atoms with Gasteiger partial charge < -0.3 is 4.98 Å². The molecule has 0 amide bonds. The molecule has 28 heavy (non-hydrogen) atoms. The highest BCUT2D eigenvalue weighted by Gasteiger charge is 2.24. The predicted octanol–water partition coefficient (Wildman–Crippen LogP) is 4.78. The molecule has 0 radical (unpaired) electrons. The van der Waals surface area contributed by atoms with Gasteiger partial charge >= 0.3 is 0 Å². The zero-order chi connectivity index (χ0) is 19.3. The van der Waals surface area contributed by atoms with Gasteiger partial charge in [0.15, 0.2) is 5.82 Å². The van der Waals surface area contributed by atoms with Crippen LogP contribution in [0.2, 0.25) is 5.02 Å². The van der Waals surface area contributed by atoms with Crippen LogP contribution < -0.4 is 0 Å². The molecule has 6 heteroatoms. The van der Waals surface area contributed by atoms with Gasteiger partial charge in [0.05, 0.1) is 16.7 Å². The van der Waals surface area contributed by atoms with E-state index in [4.69, 9.17) is 16.6 Å². The second-order valence-corrected chi connectivity index (χ2v) is 8.09. The number of benzene rings is 2. The molecule has 0 saturated carbocycles. The van der Waals surface area contributed by atoms with Crippen molar-refractivity contribution in [2.75, 3.05) is 6.54 Å². The second kappa shape index (κ2) is 6.76. The molecule has 0 saturated heterocycles. The predicted molar refractivity (Wildman–Crippen MR) is 112 cm³/mol. The van der Waals surface area contributed by atoms with Crippen molar-refractivity contribution in [3.8, 4) is 11.5 Å². The number of H-pyrrole nitrogens is 2. The Morgan fingerprint density at radius 2 is 1.89 bits per heavy atom. The van der Waals surface area contributed by atoms with Crippen LogP contribution in [0.5, 0.6) is 0 Å². The number of hydrogen-bond acceptors (Lipinski definition) is 3. The number of aryl methyl sites for hydroxylation is 2. The van der Waals surface area contributed by atoms with E-state index in [0.29, 0.717) is 0 Å². The lowest BCUT2D eigenvalue weighted by Gasteiger charge is -2.26. The van der Waals surface area contributed by atoms with E-state index in [1.165, 1.54) is 27.9 Å². The van der Waals surface area contributed by atoms with E-state index < -0.39 is 0 Å². The summed E-state index contributed by atoms with van der Waals surface area (Å²) in [4.78, 5) is 10.7. The summed E-state index contributed by atoms with van der Waals surface area (Å²) in [5.41, 5.74) is 9.27. The van der Waals surface area contributed by atoms with E-state index in [9.17, 15) is 0 Å². The lowest BCUT2D eigenvalue weighted by Crippen LogP contribution is -2.30. The van der Waals surface area contributed by atoms with Crippen LogP contribution in [0.25, 0.3) is 22.6 Å². The summed E-state index contributed by atoms with van der Waals surface area (Å²) in [6, 6.07) is 12.4. The highest BCUT2D eigenvalue weighted by Crippen LogP contribution is 2.29. The highest BCUT2D eigenvalue weighted by atomic mass is 35.5. The summed E-state index contributed by atoms with van der Waals surface area (Å²) >= 11 is 5.99. The molecule has 0 unspecified atom stereocenters. The minimum Gasteiger partial charge on any atom is -0.337 e. The van der Waals surface area contributed by atoms with Gasteiger partial charge in [-0.2, -0.15) is 5.10 Å². The molecule has 5 nitrogen and oxygen atoms in total. The quantitative estimate of drug-likeness (QED) is 0.528. The Morgan fingerprint density at radius 3 is 2.71 bits per heavy atom. The molecule has 0 bridgehead atoms.